The van der Waals surface area contributed by atoms with Crippen LogP contribution >= 0.6 is 11.3 Å². The van der Waals surface area contributed by atoms with Gasteiger partial charge in [0.15, 0.2) is 11.5 Å². The molecule has 0 saturated heterocycles. The Morgan fingerprint density at radius 1 is 1.12 bits per heavy atom. The Bertz CT molecular complexity index is 673. The molecular formula is C17H21NO5S. The second-order valence-electron chi connectivity index (χ2n) is 4.86. The number of aryl methyl sites for hydroxylation is 1. The van der Waals surface area contributed by atoms with Crippen molar-refractivity contribution in [2.75, 3.05) is 27.9 Å². The zero-order valence-electron chi connectivity index (χ0n) is 14.3. The summed E-state index contributed by atoms with van der Waals surface area (Å²) in [6.45, 7) is 2.19. The van der Waals surface area contributed by atoms with Crippen molar-refractivity contribution in [3.63, 3.8) is 0 Å². The lowest BCUT2D eigenvalue weighted by molar-refractivity contribution is -0.143. The van der Waals surface area contributed by atoms with Crippen LogP contribution in [-0.4, -0.2) is 38.9 Å². The van der Waals surface area contributed by atoms with E-state index in [1.807, 2.05) is 17.5 Å². The Labute approximate surface area is 145 Å². The molecule has 130 valence electrons. The highest BCUT2D eigenvalue weighted by Crippen LogP contribution is 2.41. The Kier molecular flexibility index (Phi) is 6.43. The fraction of sp³-hybridized carbons (Fsp3) is 0.412. The molecule has 1 aromatic heterocycles. The topological polar surface area (TPSA) is 66.9 Å². The highest BCUT2D eigenvalue weighted by Gasteiger charge is 2.16. The zero-order valence-corrected chi connectivity index (χ0v) is 15.1. The summed E-state index contributed by atoms with van der Waals surface area (Å²) in [5.74, 6) is 1.49. The van der Waals surface area contributed by atoms with Crippen molar-refractivity contribution >= 4 is 17.3 Å². The Balaban J connectivity index is 2.21. The molecule has 0 radical (unpaired) electrons. The molecule has 0 N–H and O–H groups in total. The van der Waals surface area contributed by atoms with Crippen LogP contribution in [0, 0.1) is 0 Å². The molecule has 0 aliphatic rings. The van der Waals surface area contributed by atoms with Crippen LogP contribution in [0.2, 0.25) is 0 Å². The van der Waals surface area contributed by atoms with E-state index in [0.717, 1.165) is 16.3 Å². The number of ether oxygens (including phenoxy) is 4. The number of esters is 1. The molecule has 0 fully saturated rings. The molecule has 6 nitrogen and oxygen atoms in total. The molecule has 0 saturated carbocycles. The average Bonchev–Trinajstić information content (AvgIpc) is 3.07. The van der Waals surface area contributed by atoms with Crippen LogP contribution in [0.5, 0.6) is 17.2 Å². The quantitative estimate of drug-likeness (QED) is 0.680. The average molecular weight is 351 g/mol. The monoisotopic (exact) mass is 351 g/mol. The first kappa shape index (κ1) is 18.1. The minimum Gasteiger partial charge on any atom is -0.493 e. The van der Waals surface area contributed by atoms with E-state index in [1.165, 1.54) is 11.3 Å². The van der Waals surface area contributed by atoms with Gasteiger partial charge in [-0.2, -0.15) is 0 Å². The van der Waals surface area contributed by atoms with Gasteiger partial charge in [-0.05, 0) is 19.1 Å². The maximum Gasteiger partial charge on any atom is 0.306 e. The van der Waals surface area contributed by atoms with Gasteiger partial charge >= 0.3 is 5.97 Å². The Morgan fingerprint density at radius 3 is 2.33 bits per heavy atom. The summed E-state index contributed by atoms with van der Waals surface area (Å²) in [7, 11) is 4.72. The van der Waals surface area contributed by atoms with Crippen LogP contribution in [0.4, 0.5) is 0 Å². The van der Waals surface area contributed by atoms with Crippen LogP contribution in [0.25, 0.3) is 10.6 Å². The fourth-order valence-electron chi connectivity index (χ4n) is 2.22. The van der Waals surface area contributed by atoms with Crippen LogP contribution < -0.4 is 14.2 Å². The van der Waals surface area contributed by atoms with Crippen molar-refractivity contribution in [3.05, 3.63) is 23.2 Å². The van der Waals surface area contributed by atoms with Crippen molar-refractivity contribution in [2.24, 2.45) is 0 Å². The third kappa shape index (κ3) is 4.17. The Morgan fingerprint density at radius 2 is 1.79 bits per heavy atom. The molecule has 0 bridgehead atoms. The zero-order chi connectivity index (χ0) is 17.5. The summed E-state index contributed by atoms with van der Waals surface area (Å²) in [6, 6.07) is 3.71. The minimum atomic E-state index is -0.208. The predicted octanol–water partition coefficient (Wildman–Crippen LogP) is 3.33. The molecule has 0 unspecified atom stereocenters. The van der Waals surface area contributed by atoms with E-state index in [4.69, 9.17) is 18.9 Å². The lowest BCUT2D eigenvalue weighted by Crippen LogP contribution is -2.05. The number of thiazole rings is 1. The number of hydrogen-bond acceptors (Lipinski definition) is 7. The van der Waals surface area contributed by atoms with Crippen LogP contribution in [0.3, 0.4) is 0 Å². The number of methoxy groups -OCH3 is 3. The van der Waals surface area contributed by atoms with E-state index >= 15 is 0 Å². The second kappa shape index (κ2) is 8.54. The number of nitrogens with zero attached hydrogens (tertiary/aromatic N) is 1. The summed E-state index contributed by atoms with van der Waals surface area (Å²) in [6.07, 6.45) is 0.881. The standard InChI is InChI=1S/C17H21NO5S/c1-5-23-15(19)7-6-12-10-24-17(18-12)11-8-13(20-2)16(22-4)14(9-11)21-3/h8-10H,5-7H2,1-4H3. The van der Waals surface area contributed by atoms with Crippen molar-refractivity contribution < 1.29 is 23.7 Å². The van der Waals surface area contributed by atoms with E-state index in [0.29, 0.717) is 36.7 Å². The van der Waals surface area contributed by atoms with Gasteiger partial charge in [0.2, 0.25) is 5.75 Å². The number of carbonyl (C=O) groups excluding carboxylic acids is 1. The van der Waals surface area contributed by atoms with Crippen LogP contribution in [-0.2, 0) is 16.0 Å². The third-order valence-electron chi connectivity index (χ3n) is 3.35. The normalized spacial score (nSPS) is 10.3. The van der Waals surface area contributed by atoms with Gasteiger partial charge in [-0.25, -0.2) is 4.98 Å². The van der Waals surface area contributed by atoms with E-state index in [2.05, 4.69) is 4.98 Å². The molecule has 2 aromatic rings. The van der Waals surface area contributed by atoms with Gasteiger partial charge in [-0.15, -0.1) is 11.3 Å². The maximum atomic E-state index is 11.4. The summed E-state index contributed by atoms with van der Waals surface area (Å²) >= 11 is 1.50. The number of carbonyl (C=O) groups is 1. The first-order chi connectivity index (χ1) is 11.6. The van der Waals surface area contributed by atoms with E-state index in [9.17, 15) is 4.79 Å². The highest BCUT2D eigenvalue weighted by atomic mass is 32.1. The van der Waals surface area contributed by atoms with Gasteiger partial charge in [0.25, 0.3) is 0 Å². The lowest BCUT2D eigenvalue weighted by atomic mass is 10.2. The molecular weight excluding hydrogens is 330 g/mol. The lowest BCUT2D eigenvalue weighted by Gasteiger charge is -2.13. The number of rotatable bonds is 8. The summed E-state index contributed by atoms with van der Waals surface area (Å²) < 4.78 is 21.0. The van der Waals surface area contributed by atoms with Gasteiger partial charge in [-0.3, -0.25) is 4.79 Å². The van der Waals surface area contributed by atoms with E-state index in [-0.39, 0.29) is 5.97 Å². The molecule has 0 aliphatic carbocycles. The van der Waals surface area contributed by atoms with Gasteiger partial charge < -0.3 is 18.9 Å². The minimum absolute atomic E-state index is 0.208. The molecule has 1 heterocycles. The third-order valence-corrected chi connectivity index (χ3v) is 4.29. The van der Waals surface area contributed by atoms with Gasteiger partial charge in [0.1, 0.15) is 5.01 Å². The SMILES string of the molecule is CCOC(=O)CCc1csc(-c2cc(OC)c(OC)c(OC)c2)n1. The molecule has 0 amide bonds. The van der Waals surface area contributed by atoms with Gasteiger partial charge in [-0.1, -0.05) is 0 Å². The Hall–Kier alpha value is -2.28. The summed E-state index contributed by atoms with van der Waals surface area (Å²) in [5.41, 5.74) is 1.73. The second-order valence-corrected chi connectivity index (χ2v) is 5.72. The largest absolute Gasteiger partial charge is 0.493 e. The van der Waals surface area contributed by atoms with Crippen LogP contribution in [0.15, 0.2) is 17.5 Å². The molecule has 1 aromatic carbocycles. The first-order valence-corrected chi connectivity index (χ1v) is 8.41. The smallest absolute Gasteiger partial charge is 0.306 e. The molecule has 0 atom stereocenters. The summed E-state index contributed by atoms with van der Waals surface area (Å²) in [4.78, 5) is 16.0. The number of hydrogen-bond donors (Lipinski definition) is 0. The summed E-state index contributed by atoms with van der Waals surface area (Å²) in [5, 5.41) is 2.77. The van der Waals surface area contributed by atoms with E-state index in [1.54, 1.807) is 28.3 Å². The maximum absolute atomic E-state index is 11.4. The van der Waals surface area contributed by atoms with Gasteiger partial charge in [0.05, 0.1) is 40.1 Å². The molecule has 2 rings (SSSR count). The number of benzene rings is 1. The molecule has 7 heteroatoms. The predicted molar refractivity (Wildman–Crippen MR) is 92.2 cm³/mol. The van der Waals surface area contributed by atoms with Crippen molar-refractivity contribution in [1.82, 2.24) is 4.98 Å². The first-order valence-electron chi connectivity index (χ1n) is 7.53. The van der Waals surface area contributed by atoms with Gasteiger partial charge in [0, 0.05) is 17.4 Å². The fourth-order valence-corrected chi connectivity index (χ4v) is 3.06. The van der Waals surface area contributed by atoms with Crippen molar-refractivity contribution in [1.29, 1.82) is 0 Å². The van der Waals surface area contributed by atoms with Crippen LogP contribution in [0.1, 0.15) is 19.0 Å². The van der Waals surface area contributed by atoms with E-state index < -0.39 is 0 Å². The molecule has 24 heavy (non-hydrogen) atoms. The molecule has 0 aliphatic heterocycles. The van der Waals surface area contributed by atoms with Crippen molar-refractivity contribution in [3.8, 4) is 27.8 Å². The number of aromatic nitrogens is 1. The van der Waals surface area contributed by atoms with Crippen molar-refractivity contribution in [2.45, 2.75) is 19.8 Å². The highest BCUT2D eigenvalue weighted by molar-refractivity contribution is 7.13. The molecule has 0 spiro atoms.